The summed E-state index contributed by atoms with van der Waals surface area (Å²) in [7, 11) is 0. The van der Waals surface area contributed by atoms with Crippen molar-refractivity contribution < 1.29 is 4.39 Å². The molecule has 0 fully saturated rings. The predicted octanol–water partition coefficient (Wildman–Crippen LogP) is 3.83. The van der Waals surface area contributed by atoms with Gasteiger partial charge in [-0.15, -0.1) is 0 Å². The van der Waals surface area contributed by atoms with Crippen molar-refractivity contribution >= 4 is 17.4 Å². The van der Waals surface area contributed by atoms with E-state index >= 15 is 0 Å². The summed E-state index contributed by atoms with van der Waals surface area (Å²) in [5.41, 5.74) is 6.46. The Balaban J connectivity index is 2.34. The maximum Gasteiger partial charge on any atom is 0.150 e. The van der Waals surface area contributed by atoms with E-state index in [4.69, 9.17) is 5.73 Å². The molecule has 15 heavy (non-hydrogen) atoms. The zero-order valence-electron chi connectivity index (χ0n) is 9.13. The number of nitrogens with two attached hydrogens (primary N) is 1. The highest BCUT2D eigenvalue weighted by atomic mass is 32.2. The van der Waals surface area contributed by atoms with Gasteiger partial charge in [-0.1, -0.05) is 31.9 Å². The average Bonchev–Trinajstić information content (AvgIpc) is 2.24. The second-order valence-electron chi connectivity index (χ2n) is 3.58. The van der Waals surface area contributed by atoms with Gasteiger partial charge in [-0.05, 0) is 23.8 Å². The van der Waals surface area contributed by atoms with Crippen LogP contribution in [0, 0.1) is 5.82 Å². The molecule has 84 valence electrons. The van der Waals surface area contributed by atoms with Crippen molar-refractivity contribution in [2.24, 2.45) is 0 Å². The first kappa shape index (κ1) is 12.4. The van der Waals surface area contributed by atoms with Crippen molar-refractivity contribution in [2.75, 3.05) is 11.5 Å². The molecule has 3 heteroatoms. The minimum atomic E-state index is -0.250. The molecule has 1 nitrogen and oxygen atoms in total. The number of hydrogen-bond donors (Lipinski definition) is 1. The van der Waals surface area contributed by atoms with Gasteiger partial charge in [-0.2, -0.15) is 11.8 Å². The Kier molecular flexibility index (Phi) is 5.54. The molecule has 1 aromatic rings. The first-order valence-corrected chi connectivity index (χ1v) is 6.51. The lowest BCUT2D eigenvalue weighted by molar-refractivity contribution is 0.622. The number of benzene rings is 1. The molecule has 0 saturated heterocycles. The van der Waals surface area contributed by atoms with E-state index in [0.717, 1.165) is 17.1 Å². The molecular weight excluding hydrogens is 209 g/mol. The molecular formula is C12H18FNS. The van der Waals surface area contributed by atoms with Gasteiger partial charge >= 0.3 is 0 Å². The smallest absolute Gasteiger partial charge is 0.150 e. The first-order valence-electron chi connectivity index (χ1n) is 5.36. The lowest BCUT2D eigenvalue weighted by Crippen LogP contribution is -1.95. The summed E-state index contributed by atoms with van der Waals surface area (Å²) < 4.78 is 13.4. The third kappa shape index (κ3) is 4.12. The summed E-state index contributed by atoms with van der Waals surface area (Å²) in [6, 6.07) is 5.21. The molecule has 0 saturated carbocycles. The summed E-state index contributed by atoms with van der Waals surface area (Å²) >= 11 is 1.77. The van der Waals surface area contributed by atoms with Crippen molar-refractivity contribution in [3.8, 4) is 0 Å². The van der Waals surface area contributed by atoms with Gasteiger partial charge in [-0.25, -0.2) is 4.39 Å². The van der Waals surface area contributed by atoms with Crippen LogP contribution in [0.5, 0.6) is 0 Å². The van der Waals surface area contributed by atoms with Crippen LogP contribution in [0.4, 0.5) is 10.1 Å². The first-order chi connectivity index (χ1) is 7.25. The summed E-state index contributed by atoms with van der Waals surface area (Å²) in [4.78, 5) is 0. The van der Waals surface area contributed by atoms with Gasteiger partial charge in [0, 0.05) is 5.75 Å². The van der Waals surface area contributed by atoms with E-state index in [1.807, 2.05) is 0 Å². The zero-order valence-corrected chi connectivity index (χ0v) is 9.95. The molecule has 0 radical (unpaired) electrons. The number of unbranched alkanes of at least 4 members (excludes halogenated alkanes) is 2. The van der Waals surface area contributed by atoms with E-state index < -0.39 is 0 Å². The van der Waals surface area contributed by atoms with Gasteiger partial charge in [0.05, 0.1) is 5.69 Å². The van der Waals surface area contributed by atoms with E-state index in [0.29, 0.717) is 0 Å². The fourth-order valence-electron chi connectivity index (χ4n) is 1.35. The van der Waals surface area contributed by atoms with E-state index in [1.54, 1.807) is 30.0 Å². The van der Waals surface area contributed by atoms with Crippen LogP contribution in [0.1, 0.15) is 31.7 Å². The number of nitrogen functional groups attached to an aromatic ring is 1. The van der Waals surface area contributed by atoms with Crippen molar-refractivity contribution in [3.63, 3.8) is 0 Å². The Labute approximate surface area is 95.2 Å². The predicted molar refractivity (Wildman–Crippen MR) is 66.5 cm³/mol. The second kappa shape index (κ2) is 6.72. The molecule has 0 aliphatic rings. The maximum atomic E-state index is 13.4. The standard InChI is InChI=1S/C12H18FNS/c1-2-3-4-8-15-9-10-6-5-7-11(14)12(10)13/h5-7H,2-4,8-9,14H2,1H3. The molecule has 0 aromatic heterocycles. The Hall–Kier alpha value is -0.700. The molecule has 1 aromatic carbocycles. The SMILES string of the molecule is CCCCCSCc1cccc(N)c1F. The molecule has 0 aliphatic carbocycles. The Morgan fingerprint density at radius 3 is 2.87 bits per heavy atom. The zero-order chi connectivity index (χ0) is 11.1. The molecule has 0 heterocycles. The van der Waals surface area contributed by atoms with Crippen molar-refractivity contribution in [2.45, 2.75) is 31.9 Å². The van der Waals surface area contributed by atoms with Crippen LogP contribution in [0.2, 0.25) is 0 Å². The van der Waals surface area contributed by atoms with Crippen LogP contribution in [-0.4, -0.2) is 5.75 Å². The van der Waals surface area contributed by atoms with Gasteiger partial charge < -0.3 is 5.73 Å². The summed E-state index contributed by atoms with van der Waals surface area (Å²) in [6.45, 7) is 2.18. The Morgan fingerprint density at radius 2 is 2.13 bits per heavy atom. The van der Waals surface area contributed by atoms with Gasteiger partial charge in [-0.3, -0.25) is 0 Å². The minimum absolute atomic E-state index is 0.250. The molecule has 0 atom stereocenters. The second-order valence-corrected chi connectivity index (χ2v) is 4.69. The quantitative estimate of drug-likeness (QED) is 0.590. The van der Waals surface area contributed by atoms with E-state index in [9.17, 15) is 4.39 Å². The van der Waals surface area contributed by atoms with Crippen LogP contribution in [0.15, 0.2) is 18.2 Å². The normalized spacial score (nSPS) is 10.5. The highest BCUT2D eigenvalue weighted by molar-refractivity contribution is 7.98. The van der Waals surface area contributed by atoms with Crippen LogP contribution in [0.3, 0.4) is 0 Å². The summed E-state index contributed by atoms with van der Waals surface area (Å²) in [5, 5.41) is 0. The number of thioether (sulfide) groups is 1. The third-order valence-corrected chi connectivity index (χ3v) is 3.35. The van der Waals surface area contributed by atoms with Gasteiger partial charge in [0.1, 0.15) is 5.82 Å². The third-order valence-electron chi connectivity index (χ3n) is 2.26. The van der Waals surface area contributed by atoms with Crippen molar-refractivity contribution in [3.05, 3.63) is 29.6 Å². The Bertz CT molecular complexity index is 302. The van der Waals surface area contributed by atoms with Crippen molar-refractivity contribution in [1.29, 1.82) is 0 Å². The number of rotatable bonds is 6. The minimum Gasteiger partial charge on any atom is -0.396 e. The average molecular weight is 227 g/mol. The van der Waals surface area contributed by atoms with Crippen LogP contribution in [-0.2, 0) is 5.75 Å². The molecule has 0 aliphatic heterocycles. The highest BCUT2D eigenvalue weighted by Gasteiger charge is 2.04. The largest absolute Gasteiger partial charge is 0.396 e. The van der Waals surface area contributed by atoms with Crippen LogP contribution in [0.25, 0.3) is 0 Å². The van der Waals surface area contributed by atoms with E-state index in [1.165, 1.54) is 19.3 Å². The lowest BCUT2D eigenvalue weighted by atomic mass is 10.2. The number of halogens is 1. The molecule has 0 amide bonds. The molecule has 1 rings (SSSR count). The number of hydrogen-bond acceptors (Lipinski definition) is 2. The monoisotopic (exact) mass is 227 g/mol. The maximum absolute atomic E-state index is 13.4. The van der Waals surface area contributed by atoms with Crippen molar-refractivity contribution in [1.82, 2.24) is 0 Å². The number of anilines is 1. The Morgan fingerprint density at radius 1 is 1.33 bits per heavy atom. The van der Waals surface area contributed by atoms with Gasteiger partial charge in [0.25, 0.3) is 0 Å². The van der Waals surface area contributed by atoms with Gasteiger partial charge in [0.15, 0.2) is 0 Å². The fraction of sp³-hybridized carbons (Fsp3) is 0.500. The molecule has 0 unspecified atom stereocenters. The molecule has 2 N–H and O–H groups in total. The summed E-state index contributed by atoms with van der Waals surface area (Å²) in [5.74, 6) is 1.57. The lowest BCUT2D eigenvalue weighted by Gasteiger charge is -2.04. The molecule has 0 bridgehead atoms. The van der Waals surface area contributed by atoms with Crippen LogP contribution < -0.4 is 5.73 Å². The van der Waals surface area contributed by atoms with Crippen LogP contribution >= 0.6 is 11.8 Å². The van der Waals surface area contributed by atoms with Gasteiger partial charge in [0.2, 0.25) is 0 Å². The van der Waals surface area contributed by atoms with E-state index in [2.05, 4.69) is 6.92 Å². The fourth-order valence-corrected chi connectivity index (χ4v) is 2.34. The molecule has 0 spiro atoms. The highest BCUT2D eigenvalue weighted by Crippen LogP contribution is 2.20. The van der Waals surface area contributed by atoms with E-state index in [-0.39, 0.29) is 11.5 Å². The summed E-state index contributed by atoms with van der Waals surface area (Å²) in [6.07, 6.45) is 3.70. The topological polar surface area (TPSA) is 26.0 Å².